The van der Waals surface area contributed by atoms with Crippen molar-refractivity contribution < 1.29 is 14.3 Å². The highest BCUT2D eigenvalue weighted by molar-refractivity contribution is 5.93. The Balaban J connectivity index is 1.85. The number of hydrogen-bond acceptors (Lipinski definition) is 4. The van der Waals surface area contributed by atoms with Gasteiger partial charge in [0.2, 0.25) is 5.91 Å². The van der Waals surface area contributed by atoms with E-state index in [1.807, 2.05) is 19.9 Å². The zero-order chi connectivity index (χ0) is 20.1. The van der Waals surface area contributed by atoms with E-state index >= 15 is 0 Å². The van der Waals surface area contributed by atoms with Gasteiger partial charge in [0.15, 0.2) is 5.82 Å². The summed E-state index contributed by atoms with van der Waals surface area (Å²) in [6, 6.07) is 12.5. The van der Waals surface area contributed by atoms with Gasteiger partial charge in [0.25, 0.3) is 0 Å². The van der Waals surface area contributed by atoms with Crippen LogP contribution in [-0.4, -0.2) is 21.0 Å². The highest BCUT2D eigenvalue weighted by Crippen LogP contribution is 2.22. The smallest absolute Gasteiger partial charge is 0.230 e. The van der Waals surface area contributed by atoms with Crippen LogP contribution in [0.1, 0.15) is 25.1 Å². The van der Waals surface area contributed by atoms with E-state index in [-0.39, 0.29) is 23.9 Å². The summed E-state index contributed by atoms with van der Waals surface area (Å²) in [6.07, 6.45) is 3.53. The van der Waals surface area contributed by atoms with Crippen molar-refractivity contribution in [3.05, 3.63) is 77.4 Å². The molecule has 142 valence electrons. The molecule has 6 heteroatoms. The minimum absolute atomic E-state index is 0.149. The van der Waals surface area contributed by atoms with Crippen molar-refractivity contribution in [2.75, 3.05) is 5.32 Å². The molecule has 0 fully saturated rings. The maximum Gasteiger partial charge on any atom is 0.230 e. The zero-order valence-corrected chi connectivity index (χ0v) is 15.6. The van der Waals surface area contributed by atoms with Gasteiger partial charge >= 0.3 is 0 Å². The molecule has 1 aromatic heterocycles. The molecule has 0 aliphatic carbocycles. The van der Waals surface area contributed by atoms with Crippen LogP contribution >= 0.6 is 0 Å². The second-order valence-electron chi connectivity index (χ2n) is 6.61. The van der Waals surface area contributed by atoms with Crippen LogP contribution in [0.25, 0.3) is 17.3 Å². The van der Waals surface area contributed by atoms with Crippen molar-refractivity contribution in [3.8, 4) is 17.0 Å². The summed E-state index contributed by atoms with van der Waals surface area (Å²) in [7, 11) is 0. The molecule has 0 aliphatic heterocycles. The fraction of sp³-hybridized carbons (Fsp3) is 0.136. The Labute approximate surface area is 162 Å². The van der Waals surface area contributed by atoms with Crippen molar-refractivity contribution in [3.63, 3.8) is 0 Å². The first kappa shape index (κ1) is 19.2. The van der Waals surface area contributed by atoms with Crippen molar-refractivity contribution in [1.82, 2.24) is 9.97 Å². The zero-order valence-electron chi connectivity index (χ0n) is 15.6. The summed E-state index contributed by atoms with van der Waals surface area (Å²) in [6.45, 7) is 3.85. The molecule has 3 rings (SSSR count). The Bertz CT molecular complexity index is 1010. The molecule has 0 unspecified atom stereocenters. The summed E-state index contributed by atoms with van der Waals surface area (Å²) in [4.78, 5) is 21.3. The maximum absolute atomic E-state index is 13.2. The first-order valence-electron chi connectivity index (χ1n) is 8.76. The average Bonchev–Trinajstić information content (AvgIpc) is 2.65. The Morgan fingerprint density at radius 1 is 1.11 bits per heavy atom. The van der Waals surface area contributed by atoms with Gasteiger partial charge in [0, 0.05) is 5.56 Å². The van der Waals surface area contributed by atoms with E-state index in [0.29, 0.717) is 17.2 Å². The number of aromatic hydroxyl groups is 1. The molecule has 0 saturated carbocycles. The standard InChI is InChI=1S/C22H20FN3O2/c1-14(2)11-19-22(26-21(28)12-15-3-9-18(27)10-4-15)24-13-20(25-19)16-5-7-17(23)8-6-16/h3-11,13,27H,12H2,1-2H3,(H,24,26,28). The fourth-order valence-corrected chi connectivity index (χ4v) is 2.61. The predicted molar refractivity (Wildman–Crippen MR) is 107 cm³/mol. The largest absolute Gasteiger partial charge is 0.508 e. The molecule has 1 heterocycles. The minimum atomic E-state index is -0.320. The van der Waals surface area contributed by atoms with Gasteiger partial charge < -0.3 is 10.4 Å². The monoisotopic (exact) mass is 377 g/mol. The summed E-state index contributed by atoms with van der Waals surface area (Å²) >= 11 is 0. The number of nitrogens with zero attached hydrogens (tertiary/aromatic N) is 2. The van der Waals surface area contributed by atoms with Crippen LogP contribution in [0, 0.1) is 5.82 Å². The number of amides is 1. The van der Waals surface area contributed by atoms with Gasteiger partial charge in [-0.15, -0.1) is 0 Å². The van der Waals surface area contributed by atoms with Gasteiger partial charge in [0.1, 0.15) is 17.3 Å². The van der Waals surface area contributed by atoms with Crippen LogP contribution in [0.4, 0.5) is 10.2 Å². The SMILES string of the molecule is CC(C)=Cc1nc(-c2ccc(F)cc2)cnc1NC(=O)Cc1ccc(O)cc1. The molecule has 5 nitrogen and oxygen atoms in total. The molecule has 2 N–H and O–H groups in total. The molecule has 0 spiro atoms. The molecule has 0 atom stereocenters. The van der Waals surface area contributed by atoms with Gasteiger partial charge in [-0.25, -0.2) is 14.4 Å². The van der Waals surface area contributed by atoms with Crippen LogP contribution < -0.4 is 5.32 Å². The van der Waals surface area contributed by atoms with Gasteiger partial charge in [-0.3, -0.25) is 4.79 Å². The molecular formula is C22H20FN3O2. The number of nitrogens with one attached hydrogen (secondary N) is 1. The third-order valence-electron chi connectivity index (χ3n) is 3.92. The van der Waals surface area contributed by atoms with Crippen molar-refractivity contribution >= 4 is 17.8 Å². The lowest BCUT2D eigenvalue weighted by Crippen LogP contribution is -2.16. The van der Waals surface area contributed by atoms with E-state index in [0.717, 1.165) is 16.7 Å². The number of rotatable bonds is 5. The number of anilines is 1. The van der Waals surface area contributed by atoms with E-state index in [1.165, 1.54) is 24.3 Å². The van der Waals surface area contributed by atoms with Crippen molar-refractivity contribution in [1.29, 1.82) is 0 Å². The Morgan fingerprint density at radius 3 is 2.43 bits per heavy atom. The van der Waals surface area contributed by atoms with Crippen LogP contribution in [0.2, 0.25) is 0 Å². The Morgan fingerprint density at radius 2 is 1.79 bits per heavy atom. The van der Waals surface area contributed by atoms with Crippen LogP contribution in [0.5, 0.6) is 5.75 Å². The molecule has 0 saturated heterocycles. The lowest BCUT2D eigenvalue weighted by atomic mass is 10.1. The number of phenolic OH excluding ortho intramolecular Hbond substituents is 1. The van der Waals surface area contributed by atoms with Gasteiger partial charge in [-0.2, -0.15) is 0 Å². The quantitative estimate of drug-likeness (QED) is 0.682. The number of halogens is 1. The second kappa shape index (κ2) is 8.43. The summed E-state index contributed by atoms with van der Waals surface area (Å²) < 4.78 is 13.2. The van der Waals surface area contributed by atoms with Crippen molar-refractivity contribution in [2.45, 2.75) is 20.3 Å². The lowest BCUT2D eigenvalue weighted by molar-refractivity contribution is -0.115. The first-order valence-corrected chi connectivity index (χ1v) is 8.76. The topological polar surface area (TPSA) is 75.1 Å². The molecule has 0 radical (unpaired) electrons. The summed E-state index contributed by atoms with van der Waals surface area (Å²) in [5, 5.41) is 12.1. The van der Waals surface area contributed by atoms with E-state index in [9.17, 15) is 14.3 Å². The minimum Gasteiger partial charge on any atom is -0.508 e. The number of allylic oxidation sites excluding steroid dienone is 1. The maximum atomic E-state index is 13.2. The first-order chi connectivity index (χ1) is 13.4. The molecular weight excluding hydrogens is 357 g/mol. The van der Waals surface area contributed by atoms with Gasteiger partial charge in [-0.1, -0.05) is 17.7 Å². The molecule has 3 aromatic rings. The lowest BCUT2D eigenvalue weighted by Gasteiger charge is -2.10. The number of carbonyl (C=O) groups is 1. The third kappa shape index (κ3) is 5.01. The van der Waals surface area contributed by atoms with E-state index in [2.05, 4.69) is 15.3 Å². The van der Waals surface area contributed by atoms with Crippen LogP contribution in [0.15, 0.2) is 60.3 Å². The summed E-state index contributed by atoms with van der Waals surface area (Å²) in [5.41, 5.74) is 3.62. The normalized spacial score (nSPS) is 10.4. The number of hydrogen-bond donors (Lipinski definition) is 2. The average molecular weight is 377 g/mol. The number of carbonyl (C=O) groups excluding carboxylic acids is 1. The molecule has 2 aromatic carbocycles. The second-order valence-corrected chi connectivity index (χ2v) is 6.61. The van der Waals surface area contributed by atoms with Crippen LogP contribution in [-0.2, 0) is 11.2 Å². The highest BCUT2D eigenvalue weighted by atomic mass is 19.1. The number of phenols is 1. The van der Waals surface area contributed by atoms with E-state index in [4.69, 9.17) is 0 Å². The highest BCUT2D eigenvalue weighted by Gasteiger charge is 2.12. The van der Waals surface area contributed by atoms with E-state index < -0.39 is 0 Å². The van der Waals surface area contributed by atoms with Gasteiger partial charge in [-0.05, 0) is 61.9 Å². The Kier molecular flexibility index (Phi) is 5.79. The molecule has 0 aliphatic rings. The number of aromatic nitrogens is 2. The van der Waals surface area contributed by atoms with Crippen molar-refractivity contribution in [2.24, 2.45) is 0 Å². The van der Waals surface area contributed by atoms with E-state index in [1.54, 1.807) is 30.5 Å². The molecule has 1 amide bonds. The molecule has 28 heavy (non-hydrogen) atoms. The Hall–Kier alpha value is -3.54. The third-order valence-corrected chi connectivity index (χ3v) is 3.92. The molecule has 0 bridgehead atoms. The van der Waals surface area contributed by atoms with Gasteiger partial charge in [0.05, 0.1) is 18.3 Å². The summed E-state index contributed by atoms with van der Waals surface area (Å²) in [5.74, 6) is -0.0506. The fourth-order valence-electron chi connectivity index (χ4n) is 2.61. The van der Waals surface area contributed by atoms with Crippen LogP contribution in [0.3, 0.4) is 0 Å². The number of benzene rings is 2. The predicted octanol–water partition coefficient (Wildman–Crippen LogP) is 4.59.